The minimum absolute atomic E-state index is 0.0581. The maximum atomic E-state index is 12.2. The van der Waals surface area contributed by atoms with E-state index in [1.165, 1.54) is 0 Å². The molecule has 0 spiro atoms. The Hall–Kier alpha value is -1.75. The Morgan fingerprint density at radius 3 is 2.70 bits per heavy atom. The van der Waals surface area contributed by atoms with Crippen molar-refractivity contribution in [3.05, 3.63) is 23.8 Å². The molecule has 0 radical (unpaired) electrons. The Morgan fingerprint density at radius 2 is 2.04 bits per heavy atom. The van der Waals surface area contributed by atoms with Crippen molar-refractivity contribution in [2.75, 3.05) is 13.7 Å². The predicted octanol–water partition coefficient (Wildman–Crippen LogP) is 2.76. The number of unbranched alkanes of at least 4 members (excludes halogenated alkanes) is 1. The van der Waals surface area contributed by atoms with Crippen molar-refractivity contribution in [1.29, 1.82) is 0 Å². The van der Waals surface area contributed by atoms with Crippen molar-refractivity contribution in [2.24, 2.45) is 5.73 Å². The first-order chi connectivity index (χ1) is 11.1. The maximum absolute atomic E-state index is 12.2. The van der Waals surface area contributed by atoms with Gasteiger partial charge in [-0.2, -0.15) is 0 Å². The van der Waals surface area contributed by atoms with Gasteiger partial charge in [0.05, 0.1) is 19.3 Å². The lowest BCUT2D eigenvalue weighted by Gasteiger charge is -2.22. The van der Waals surface area contributed by atoms with Gasteiger partial charge in [-0.25, -0.2) is 0 Å². The zero-order chi connectivity index (χ0) is 16.7. The number of rotatable bonds is 8. The highest BCUT2D eigenvalue weighted by Crippen LogP contribution is 2.29. The van der Waals surface area contributed by atoms with Crippen molar-refractivity contribution in [3.8, 4) is 11.5 Å². The first-order valence-corrected chi connectivity index (χ1v) is 8.46. The number of benzene rings is 1. The number of methoxy groups -OCH3 is 1. The molecule has 1 amide bonds. The predicted molar refractivity (Wildman–Crippen MR) is 90.6 cm³/mol. The molecule has 1 saturated carbocycles. The van der Waals surface area contributed by atoms with Crippen LogP contribution in [0, 0.1) is 0 Å². The monoisotopic (exact) mass is 320 g/mol. The van der Waals surface area contributed by atoms with Gasteiger partial charge in [0.2, 0.25) is 5.91 Å². The van der Waals surface area contributed by atoms with Crippen LogP contribution >= 0.6 is 0 Å². The van der Waals surface area contributed by atoms with Gasteiger partial charge in [0, 0.05) is 6.54 Å². The molecule has 1 aromatic rings. The van der Waals surface area contributed by atoms with Crippen molar-refractivity contribution in [3.63, 3.8) is 0 Å². The van der Waals surface area contributed by atoms with E-state index >= 15 is 0 Å². The SMILES string of the molecule is CCCCOc1ccc(CNC(=O)C2(N)CCCC2)cc1OC. The molecule has 0 aliphatic heterocycles. The number of ether oxygens (including phenoxy) is 2. The van der Waals surface area contributed by atoms with Crippen LogP contribution < -0.4 is 20.5 Å². The van der Waals surface area contributed by atoms with Gasteiger partial charge in [0.15, 0.2) is 11.5 Å². The smallest absolute Gasteiger partial charge is 0.240 e. The molecule has 23 heavy (non-hydrogen) atoms. The van der Waals surface area contributed by atoms with Crippen LogP contribution in [0.2, 0.25) is 0 Å². The molecule has 5 nitrogen and oxygen atoms in total. The third-order valence-electron chi connectivity index (χ3n) is 4.38. The second-order valence-corrected chi connectivity index (χ2v) is 6.23. The van der Waals surface area contributed by atoms with Crippen molar-refractivity contribution >= 4 is 5.91 Å². The lowest BCUT2D eigenvalue weighted by atomic mass is 9.98. The molecule has 0 atom stereocenters. The highest BCUT2D eigenvalue weighted by molar-refractivity contribution is 5.86. The number of hydrogen-bond donors (Lipinski definition) is 2. The van der Waals surface area contributed by atoms with E-state index in [9.17, 15) is 4.79 Å². The lowest BCUT2D eigenvalue weighted by molar-refractivity contribution is -0.126. The number of nitrogens with one attached hydrogen (secondary N) is 1. The summed E-state index contributed by atoms with van der Waals surface area (Å²) < 4.78 is 11.1. The largest absolute Gasteiger partial charge is 0.493 e. The Morgan fingerprint density at radius 1 is 1.30 bits per heavy atom. The molecule has 1 aliphatic rings. The van der Waals surface area contributed by atoms with Gasteiger partial charge in [0.25, 0.3) is 0 Å². The summed E-state index contributed by atoms with van der Waals surface area (Å²) in [6.45, 7) is 3.25. The third-order valence-corrected chi connectivity index (χ3v) is 4.38. The molecule has 2 rings (SSSR count). The topological polar surface area (TPSA) is 73.6 Å². The Labute approximate surface area is 138 Å². The zero-order valence-corrected chi connectivity index (χ0v) is 14.2. The van der Waals surface area contributed by atoms with Crippen LogP contribution in [0.1, 0.15) is 51.0 Å². The summed E-state index contributed by atoms with van der Waals surface area (Å²) in [4.78, 5) is 12.2. The number of carbonyl (C=O) groups is 1. The molecule has 5 heteroatoms. The highest BCUT2D eigenvalue weighted by Gasteiger charge is 2.36. The van der Waals surface area contributed by atoms with E-state index in [1.807, 2.05) is 18.2 Å². The minimum atomic E-state index is -0.687. The fraction of sp³-hybridized carbons (Fsp3) is 0.611. The van der Waals surface area contributed by atoms with Crippen LogP contribution in [0.5, 0.6) is 11.5 Å². The quantitative estimate of drug-likeness (QED) is 0.722. The highest BCUT2D eigenvalue weighted by atomic mass is 16.5. The van der Waals surface area contributed by atoms with Crippen LogP contribution in [-0.4, -0.2) is 25.2 Å². The summed E-state index contributed by atoms with van der Waals surface area (Å²) >= 11 is 0. The van der Waals surface area contributed by atoms with Crippen LogP contribution in [0.25, 0.3) is 0 Å². The summed E-state index contributed by atoms with van der Waals surface area (Å²) in [5.74, 6) is 1.37. The van der Waals surface area contributed by atoms with Crippen LogP contribution in [0.4, 0.5) is 0 Å². The molecule has 1 aromatic carbocycles. The number of carbonyl (C=O) groups excluding carboxylic acids is 1. The van der Waals surface area contributed by atoms with E-state index in [1.54, 1.807) is 7.11 Å². The van der Waals surface area contributed by atoms with Crippen LogP contribution in [0.15, 0.2) is 18.2 Å². The van der Waals surface area contributed by atoms with E-state index in [0.29, 0.717) is 18.9 Å². The van der Waals surface area contributed by atoms with Crippen molar-refractivity contribution in [2.45, 2.75) is 57.5 Å². The first kappa shape index (κ1) is 17.6. The van der Waals surface area contributed by atoms with Gasteiger partial charge in [-0.15, -0.1) is 0 Å². The van der Waals surface area contributed by atoms with Crippen LogP contribution in [0.3, 0.4) is 0 Å². The van der Waals surface area contributed by atoms with Crippen molar-refractivity contribution in [1.82, 2.24) is 5.32 Å². The normalized spacial score (nSPS) is 16.1. The van der Waals surface area contributed by atoms with E-state index in [4.69, 9.17) is 15.2 Å². The Kier molecular flexibility index (Phi) is 6.28. The molecular formula is C18H28N2O3. The number of nitrogens with two attached hydrogens (primary N) is 1. The molecule has 0 unspecified atom stereocenters. The fourth-order valence-electron chi connectivity index (χ4n) is 2.86. The molecular weight excluding hydrogens is 292 g/mol. The molecule has 3 N–H and O–H groups in total. The Bertz CT molecular complexity index is 525. The second kappa shape index (κ2) is 8.20. The molecule has 0 bridgehead atoms. The van der Waals surface area contributed by atoms with Gasteiger partial charge in [-0.1, -0.05) is 32.3 Å². The summed E-state index contributed by atoms with van der Waals surface area (Å²) in [6, 6.07) is 5.74. The maximum Gasteiger partial charge on any atom is 0.240 e. The van der Waals surface area contributed by atoms with Gasteiger partial charge < -0.3 is 20.5 Å². The van der Waals surface area contributed by atoms with E-state index in [-0.39, 0.29) is 5.91 Å². The Balaban J connectivity index is 1.93. The molecule has 1 fully saturated rings. The number of amides is 1. The molecule has 1 aliphatic carbocycles. The summed E-state index contributed by atoms with van der Waals surface area (Å²) in [6.07, 6.45) is 5.70. The fourth-order valence-corrected chi connectivity index (χ4v) is 2.86. The van der Waals surface area contributed by atoms with Gasteiger partial charge >= 0.3 is 0 Å². The van der Waals surface area contributed by atoms with E-state index in [2.05, 4.69) is 12.2 Å². The first-order valence-electron chi connectivity index (χ1n) is 8.46. The average Bonchev–Trinajstić information content (AvgIpc) is 3.01. The molecule has 128 valence electrons. The van der Waals surface area contributed by atoms with E-state index in [0.717, 1.165) is 49.8 Å². The third kappa shape index (κ3) is 4.61. The summed E-state index contributed by atoms with van der Waals surface area (Å²) in [7, 11) is 1.62. The molecule has 0 heterocycles. The zero-order valence-electron chi connectivity index (χ0n) is 14.2. The second-order valence-electron chi connectivity index (χ2n) is 6.23. The minimum Gasteiger partial charge on any atom is -0.493 e. The van der Waals surface area contributed by atoms with Gasteiger partial charge in [-0.05, 0) is 37.0 Å². The van der Waals surface area contributed by atoms with E-state index < -0.39 is 5.54 Å². The standard InChI is InChI=1S/C18H28N2O3/c1-3-4-11-23-15-8-7-14(12-16(15)22-2)13-20-17(21)18(19)9-5-6-10-18/h7-8,12H,3-6,9-11,13,19H2,1-2H3,(H,20,21). The van der Waals surface area contributed by atoms with Crippen molar-refractivity contribution < 1.29 is 14.3 Å². The number of hydrogen-bond acceptors (Lipinski definition) is 4. The van der Waals surface area contributed by atoms with Crippen LogP contribution in [-0.2, 0) is 11.3 Å². The summed E-state index contributed by atoms with van der Waals surface area (Å²) in [5, 5.41) is 2.94. The van der Waals surface area contributed by atoms with Gasteiger partial charge in [0.1, 0.15) is 0 Å². The lowest BCUT2D eigenvalue weighted by Crippen LogP contribution is -2.51. The van der Waals surface area contributed by atoms with Gasteiger partial charge in [-0.3, -0.25) is 4.79 Å². The molecule has 0 saturated heterocycles. The average molecular weight is 320 g/mol. The summed E-state index contributed by atoms with van der Waals surface area (Å²) in [5.41, 5.74) is 6.44. The molecule has 0 aromatic heterocycles.